The van der Waals surface area contributed by atoms with Crippen LogP contribution in [0.1, 0.15) is 35.7 Å². The SMILES string of the molecule is CC(C)c1ccc(NC(=O)CSc2ccc(NC(=O)c3ccc4ccccc4c3)cc2)cc1. The Bertz CT molecular complexity index is 1270. The highest BCUT2D eigenvalue weighted by molar-refractivity contribution is 8.00. The maximum atomic E-state index is 12.6. The number of carbonyl (C=O) groups is 2. The van der Waals surface area contributed by atoms with E-state index in [2.05, 4.69) is 24.5 Å². The summed E-state index contributed by atoms with van der Waals surface area (Å²) in [5.41, 5.74) is 3.38. The van der Waals surface area contributed by atoms with Gasteiger partial charge in [0.15, 0.2) is 0 Å². The summed E-state index contributed by atoms with van der Waals surface area (Å²) in [7, 11) is 0. The highest BCUT2D eigenvalue weighted by atomic mass is 32.2. The molecule has 4 aromatic carbocycles. The fourth-order valence-corrected chi connectivity index (χ4v) is 4.16. The van der Waals surface area contributed by atoms with Crippen molar-refractivity contribution in [1.29, 1.82) is 0 Å². The molecular formula is C28H26N2O2S. The first kappa shape index (κ1) is 22.6. The van der Waals surface area contributed by atoms with Crippen molar-refractivity contribution in [2.75, 3.05) is 16.4 Å². The fraction of sp³-hybridized carbons (Fsp3) is 0.143. The minimum Gasteiger partial charge on any atom is -0.325 e. The van der Waals surface area contributed by atoms with Gasteiger partial charge in [0.25, 0.3) is 5.91 Å². The van der Waals surface area contributed by atoms with Crippen molar-refractivity contribution in [2.24, 2.45) is 0 Å². The van der Waals surface area contributed by atoms with Gasteiger partial charge in [-0.3, -0.25) is 9.59 Å². The second kappa shape index (κ2) is 10.4. The number of fused-ring (bicyclic) bond motifs is 1. The van der Waals surface area contributed by atoms with E-state index in [9.17, 15) is 9.59 Å². The van der Waals surface area contributed by atoms with Crippen LogP contribution in [-0.2, 0) is 4.79 Å². The number of benzene rings is 4. The van der Waals surface area contributed by atoms with Crippen LogP contribution in [0.2, 0.25) is 0 Å². The maximum absolute atomic E-state index is 12.6. The summed E-state index contributed by atoms with van der Waals surface area (Å²) >= 11 is 1.46. The number of thioether (sulfide) groups is 1. The van der Waals surface area contributed by atoms with E-state index in [1.165, 1.54) is 17.3 Å². The molecule has 0 atom stereocenters. The Balaban J connectivity index is 1.29. The molecule has 4 rings (SSSR count). The quantitative estimate of drug-likeness (QED) is 0.297. The second-order valence-corrected chi connectivity index (χ2v) is 9.20. The molecule has 4 aromatic rings. The van der Waals surface area contributed by atoms with Gasteiger partial charge < -0.3 is 10.6 Å². The van der Waals surface area contributed by atoms with Gasteiger partial charge in [0.05, 0.1) is 5.75 Å². The molecule has 0 aromatic heterocycles. The van der Waals surface area contributed by atoms with Crippen LogP contribution >= 0.6 is 11.8 Å². The third-order valence-electron chi connectivity index (χ3n) is 5.35. The Morgan fingerprint density at radius 1 is 0.758 bits per heavy atom. The third kappa shape index (κ3) is 6.02. The normalized spacial score (nSPS) is 10.9. The second-order valence-electron chi connectivity index (χ2n) is 8.15. The van der Waals surface area contributed by atoms with Gasteiger partial charge in [-0.25, -0.2) is 0 Å². The van der Waals surface area contributed by atoms with Gasteiger partial charge in [0.2, 0.25) is 5.91 Å². The minimum absolute atomic E-state index is 0.0500. The average Bonchev–Trinajstić information content (AvgIpc) is 2.83. The highest BCUT2D eigenvalue weighted by Crippen LogP contribution is 2.22. The highest BCUT2D eigenvalue weighted by Gasteiger charge is 2.08. The molecule has 0 fully saturated rings. The van der Waals surface area contributed by atoms with E-state index in [0.29, 0.717) is 22.9 Å². The summed E-state index contributed by atoms with van der Waals surface area (Å²) in [6.45, 7) is 4.29. The van der Waals surface area contributed by atoms with Crippen molar-refractivity contribution >= 4 is 45.7 Å². The summed E-state index contributed by atoms with van der Waals surface area (Å²) in [6, 6.07) is 29.1. The molecule has 33 heavy (non-hydrogen) atoms. The van der Waals surface area contributed by atoms with Crippen LogP contribution in [0.3, 0.4) is 0 Å². The average molecular weight is 455 g/mol. The fourth-order valence-electron chi connectivity index (χ4n) is 3.47. The summed E-state index contributed by atoms with van der Waals surface area (Å²) < 4.78 is 0. The van der Waals surface area contributed by atoms with E-state index < -0.39 is 0 Å². The van der Waals surface area contributed by atoms with Crippen LogP contribution in [0, 0.1) is 0 Å². The standard InChI is InChI=1S/C28H26N2O2S/c1-19(2)20-9-11-24(12-10-20)29-27(31)18-33-26-15-13-25(14-16-26)30-28(32)23-8-7-21-5-3-4-6-22(21)17-23/h3-17,19H,18H2,1-2H3,(H,29,31)(H,30,32). The molecule has 0 aliphatic heterocycles. The molecule has 0 aliphatic carbocycles. The summed E-state index contributed by atoms with van der Waals surface area (Å²) in [5, 5.41) is 8.00. The molecule has 4 nitrogen and oxygen atoms in total. The maximum Gasteiger partial charge on any atom is 0.255 e. The lowest BCUT2D eigenvalue weighted by Crippen LogP contribution is -2.14. The molecule has 0 bridgehead atoms. The molecule has 5 heteroatoms. The van der Waals surface area contributed by atoms with Gasteiger partial charge in [0, 0.05) is 21.8 Å². The minimum atomic E-state index is -0.149. The predicted molar refractivity (Wildman–Crippen MR) is 138 cm³/mol. The number of amides is 2. The Morgan fingerprint density at radius 3 is 2.09 bits per heavy atom. The van der Waals surface area contributed by atoms with Crippen molar-refractivity contribution in [3.05, 3.63) is 102 Å². The Kier molecular flexibility index (Phi) is 7.10. The van der Waals surface area contributed by atoms with Gasteiger partial charge in [-0.2, -0.15) is 0 Å². The zero-order chi connectivity index (χ0) is 23.2. The molecule has 0 unspecified atom stereocenters. The largest absolute Gasteiger partial charge is 0.325 e. The van der Waals surface area contributed by atoms with Gasteiger partial charge >= 0.3 is 0 Å². The first-order valence-electron chi connectivity index (χ1n) is 10.9. The summed E-state index contributed by atoms with van der Waals surface area (Å²) in [6.07, 6.45) is 0. The number of anilines is 2. The molecular weight excluding hydrogens is 428 g/mol. The van der Waals surface area contributed by atoms with Crippen molar-refractivity contribution in [3.63, 3.8) is 0 Å². The lowest BCUT2D eigenvalue weighted by molar-refractivity contribution is -0.113. The lowest BCUT2D eigenvalue weighted by Gasteiger charge is -2.09. The molecule has 2 amide bonds. The topological polar surface area (TPSA) is 58.2 Å². The van der Waals surface area contributed by atoms with E-state index in [1.54, 1.807) is 0 Å². The first-order valence-corrected chi connectivity index (χ1v) is 11.9. The smallest absolute Gasteiger partial charge is 0.255 e. The summed E-state index contributed by atoms with van der Waals surface area (Å²) in [4.78, 5) is 25.9. The van der Waals surface area contributed by atoms with Crippen LogP contribution < -0.4 is 10.6 Å². The Hall–Kier alpha value is -3.57. The van der Waals surface area contributed by atoms with Crippen molar-refractivity contribution in [1.82, 2.24) is 0 Å². The number of nitrogens with one attached hydrogen (secondary N) is 2. The van der Waals surface area contributed by atoms with Crippen molar-refractivity contribution in [3.8, 4) is 0 Å². The molecule has 166 valence electrons. The molecule has 0 aliphatic rings. The monoisotopic (exact) mass is 454 g/mol. The van der Waals surface area contributed by atoms with Gasteiger partial charge in [-0.15, -0.1) is 11.8 Å². The molecule has 0 heterocycles. The summed E-state index contributed by atoms with van der Waals surface area (Å²) in [5.74, 6) is 0.579. The van der Waals surface area contributed by atoms with Crippen LogP contribution in [0.4, 0.5) is 11.4 Å². The molecule has 0 saturated carbocycles. The van der Waals surface area contributed by atoms with Crippen LogP contribution in [0.25, 0.3) is 10.8 Å². The molecule has 0 radical (unpaired) electrons. The molecule has 0 saturated heterocycles. The van der Waals surface area contributed by atoms with Gasteiger partial charge in [0.1, 0.15) is 0 Å². The van der Waals surface area contributed by atoms with E-state index >= 15 is 0 Å². The first-order chi connectivity index (χ1) is 16.0. The number of hydrogen-bond acceptors (Lipinski definition) is 3. The zero-order valence-corrected chi connectivity index (χ0v) is 19.5. The third-order valence-corrected chi connectivity index (χ3v) is 6.37. The molecule has 0 spiro atoms. The van der Waals surface area contributed by atoms with Crippen molar-refractivity contribution in [2.45, 2.75) is 24.7 Å². The van der Waals surface area contributed by atoms with Gasteiger partial charge in [-0.1, -0.05) is 56.3 Å². The molecule has 2 N–H and O–H groups in total. The number of hydrogen-bond donors (Lipinski definition) is 2. The van der Waals surface area contributed by atoms with E-state index in [4.69, 9.17) is 0 Å². The number of rotatable bonds is 7. The van der Waals surface area contributed by atoms with E-state index in [1.807, 2.05) is 91.0 Å². The van der Waals surface area contributed by atoms with Crippen LogP contribution in [0.5, 0.6) is 0 Å². The zero-order valence-electron chi connectivity index (χ0n) is 18.7. The van der Waals surface area contributed by atoms with Gasteiger partial charge in [-0.05, 0) is 70.8 Å². The van der Waals surface area contributed by atoms with E-state index in [0.717, 1.165) is 21.4 Å². The number of carbonyl (C=O) groups excluding carboxylic acids is 2. The van der Waals surface area contributed by atoms with Crippen LogP contribution in [0.15, 0.2) is 95.9 Å². The van der Waals surface area contributed by atoms with Crippen molar-refractivity contribution < 1.29 is 9.59 Å². The van der Waals surface area contributed by atoms with Crippen LogP contribution in [-0.4, -0.2) is 17.6 Å². The Morgan fingerprint density at radius 2 is 1.39 bits per heavy atom. The lowest BCUT2D eigenvalue weighted by atomic mass is 10.0. The van der Waals surface area contributed by atoms with E-state index in [-0.39, 0.29) is 11.8 Å². The Labute approximate surface area is 198 Å². The predicted octanol–water partition coefficient (Wildman–Crippen LogP) is 6.95.